The molecule has 0 bridgehead atoms. The second-order valence-corrected chi connectivity index (χ2v) is 5.13. The van der Waals surface area contributed by atoms with E-state index in [1.807, 2.05) is 19.1 Å². The van der Waals surface area contributed by atoms with Crippen LogP contribution in [0.5, 0.6) is 5.75 Å². The molecular weight excluding hydrogens is 252 g/mol. The molecule has 1 aromatic rings. The molecule has 1 amide bonds. The minimum Gasteiger partial charge on any atom is -0.496 e. The van der Waals surface area contributed by atoms with E-state index in [9.17, 15) is 4.79 Å². The van der Waals surface area contributed by atoms with Crippen molar-refractivity contribution in [3.8, 4) is 5.75 Å². The Bertz CT molecular complexity index is 426. The largest absolute Gasteiger partial charge is 0.496 e. The molecule has 0 aliphatic carbocycles. The first-order valence-corrected chi connectivity index (χ1v) is 7.25. The summed E-state index contributed by atoms with van der Waals surface area (Å²) in [5.41, 5.74) is 7.26. The van der Waals surface area contributed by atoms with Crippen molar-refractivity contribution in [1.29, 1.82) is 0 Å². The number of hydrogen-bond acceptors (Lipinski definition) is 3. The number of nitrogens with two attached hydrogens (primary N) is 1. The van der Waals surface area contributed by atoms with Gasteiger partial charge in [0.2, 0.25) is 0 Å². The van der Waals surface area contributed by atoms with Crippen LogP contribution < -0.4 is 15.8 Å². The molecule has 20 heavy (non-hydrogen) atoms. The lowest BCUT2D eigenvalue weighted by Crippen LogP contribution is -2.30. The summed E-state index contributed by atoms with van der Waals surface area (Å²) in [6.45, 7) is 5.45. The van der Waals surface area contributed by atoms with Gasteiger partial charge in [-0.25, -0.2) is 0 Å². The van der Waals surface area contributed by atoms with E-state index in [-0.39, 0.29) is 5.91 Å². The summed E-state index contributed by atoms with van der Waals surface area (Å²) in [4.78, 5) is 12.1. The Hall–Kier alpha value is -1.55. The van der Waals surface area contributed by atoms with E-state index in [1.54, 1.807) is 13.2 Å². The monoisotopic (exact) mass is 278 g/mol. The van der Waals surface area contributed by atoms with E-state index in [0.29, 0.717) is 24.6 Å². The number of rotatable bonds is 8. The Labute approximate surface area is 121 Å². The predicted octanol–water partition coefficient (Wildman–Crippen LogP) is 2.50. The summed E-state index contributed by atoms with van der Waals surface area (Å²) < 4.78 is 5.24. The lowest BCUT2D eigenvalue weighted by Gasteiger charge is -2.16. The van der Waals surface area contributed by atoms with Gasteiger partial charge in [-0.3, -0.25) is 4.79 Å². The third-order valence-corrected chi connectivity index (χ3v) is 3.49. The molecule has 1 aromatic carbocycles. The smallest absolute Gasteiger partial charge is 0.251 e. The van der Waals surface area contributed by atoms with Gasteiger partial charge in [0, 0.05) is 12.1 Å². The number of benzene rings is 1. The molecule has 4 nitrogen and oxygen atoms in total. The Balaban J connectivity index is 2.61. The highest BCUT2D eigenvalue weighted by Gasteiger charge is 2.11. The molecular formula is C16H26N2O2. The topological polar surface area (TPSA) is 64.3 Å². The summed E-state index contributed by atoms with van der Waals surface area (Å²) in [6.07, 6.45) is 3.15. The first kappa shape index (κ1) is 16.5. The van der Waals surface area contributed by atoms with Gasteiger partial charge in [-0.2, -0.15) is 0 Å². The average Bonchev–Trinajstić information content (AvgIpc) is 2.45. The lowest BCUT2D eigenvalue weighted by atomic mass is 9.99. The van der Waals surface area contributed by atoms with Gasteiger partial charge >= 0.3 is 0 Å². The molecule has 0 aliphatic rings. The second kappa shape index (κ2) is 8.59. The maximum absolute atomic E-state index is 12.1. The van der Waals surface area contributed by atoms with Crippen LogP contribution in [0.1, 0.15) is 42.1 Å². The normalized spacial score (nSPS) is 12.0. The molecule has 0 spiro atoms. The zero-order chi connectivity index (χ0) is 15.0. The molecule has 0 aliphatic heterocycles. The van der Waals surface area contributed by atoms with Crippen LogP contribution in [-0.2, 0) is 0 Å². The number of carbonyl (C=O) groups is 1. The Kier molecular flexibility index (Phi) is 7.09. The van der Waals surface area contributed by atoms with Crippen molar-refractivity contribution < 1.29 is 9.53 Å². The number of amides is 1. The minimum atomic E-state index is -0.0542. The molecule has 0 fully saturated rings. The van der Waals surface area contributed by atoms with Crippen LogP contribution in [0.15, 0.2) is 18.2 Å². The quantitative estimate of drug-likeness (QED) is 0.768. The zero-order valence-corrected chi connectivity index (χ0v) is 12.7. The van der Waals surface area contributed by atoms with Gasteiger partial charge in [0.15, 0.2) is 0 Å². The predicted molar refractivity (Wildman–Crippen MR) is 82.1 cm³/mol. The third-order valence-electron chi connectivity index (χ3n) is 3.49. The number of nitrogens with one attached hydrogen (secondary N) is 1. The van der Waals surface area contributed by atoms with Crippen molar-refractivity contribution in [2.45, 2.75) is 33.1 Å². The molecule has 0 radical (unpaired) electrons. The van der Waals surface area contributed by atoms with Gasteiger partial charge in [0.05, 0.1) is 7.11 Å². The summed E-state index contributed by atoms with van der Waals surface area (Å²) in [7, 11) is 1.61. The highest BCUT2D eigenvalue weighted by atomic mass is 16.5. The molecule has 0 heterocycles. The highest BCUT2D eigenvalue weighted by molar-refractivity contribution is 5.94. The van der Waals surface area contributed by atoms with Crippen molar-refractivity contribution in [3.63, 3.8) is 0 Å². The Morgan fingerprint density at radius 2 is 2.15 bits per heavy atom. The van der Waals surface area contributed by atoms with Gasteiger partial charge in [-0.1, -0.05) is 19.4 Å². The standard InChI is InChI=1S/C16H26N2O2/c1-4-5-13(8-9-17)11-18-16(19)14-7-6-12(2)15(10-14)20-3/h6-7,10,13H,4-5,8-9,11,17H2,1-3H3,(H,18,19). The fraction of sp³-hybridized carbons (Fsp3) is 0.562. The maximum Gasteiger partial charge on any atom is 0.251 e. The Morgan fingerprint density at radius 1 is 1.40 bits per heavy atom. The van der Waals surface area contributed by atoms with Crippen LogP contribution in [0.2, 0.25) is 0 Å². The van der Waals surface area contributed by atoms with Crippen molar-refractivity contribution in [3.05, 3.63) is 29.3 Å². The van der Waals surface area contributed by atoms with E-state index in [4.69, 9.17) is 10.5 Å². The van der Waals surface area contributed by atoms with Crippen LogP contribution in [0.3, 0.4) is 0 Å². The van der Waals surface area contributed by atoms with E-state index >= 15 is 0 Å². The zero-order valence-electron chi connectivity index (χ0n) is 12.7. The fourth-order valence-corrected chi connectivity index (χ4v) is 2.29. The van der Waals surface area contributed by atoms with Crippen LogP contribution in [-0.4, -0.2) is 26.1 Å². The van der Waals surface area contributed by atoms with E-state index in [0.717, 1.165) is 30.6 Å². The lowest BCUT2D eigenvalue weighted by molar-refractivity contribution is 0.0945. The maximum atomic E-state index is 12.1. The molecule has 112 valence electrons. The van der Waals surface area contributed by atoms with Crippen molar-refractivity contribution in [2.75, 3.05) is 20.2 Å². The summed E-state index contributed by atoms with van der Waals surface area (Å²) in [5, 5.41) is 2.99. The van der Waals surface area contributed by atoms with Gasteiger partial charge in [-0.15, -0.1) is 0 Å². The van der Waals surface area contributed by atoms with Crippen molar-refractivity contribution >= 4 is 5.91 Å². The van der Waals surface area contributed by atoms with Crippen molar-refractivity contribution in [1.82, 2.24) is 5.32 Å². The molecule has 1 unspecified atom stereocenters. The molecule has 1 rings (SSSR count). The number of methoxy groups -OCH3 is 1. The summed E-state index contributed by atoms with van der Waals surface area (Å²) in [6, 6.07) is 5.50. The van der Waals surface area contributed by atoms with Crippen LogP contribution in [0.4, 0.5) is 0 Å². The van der Waals surface area contributed by atoms with Gasteiger partial charge in [-0.05, 0) is 49.9 Å². The number of carbonyl (C=O) groups excluding carboxylic acids is 1. The second-order valence-electron chi connectivity index (χ2n) is 5.13. The van der Waals surface area contributed by atoms with Crippen molar-refractivity contribution in [2.24, 2.45) is 11.7 Å². The van der Waals surface area contributed by atoms with Gasteiger partial charge in [0.25, 0.3) is 5.91 Å². The van der Waals surface area contributed by atoms with Crippen LogP contribution in [0.25, 0.3) is 0 Å². The highest BCUT2D eigenvalue weighted by Crippen LogP contribution is 2.19. The van der Waals surface area contributed by atoms with Crippen LogP contribution in [0, 0.1) is 12.8 Å². The van der Waals surface area contributed by atoms with Gasteiger partial charge < -0.3 is 15.8 Å². The molecule has 3 N–H and O–H groups in total. The first-order valence-electron chi connectivity index (χ1n) is 7.25. The summed E-state index contributed by atoms with van der Waals surface area (Å²) >= 11 is 0. The molecule has 0 saturated carbocycles. The van der Waals surface area contributed by atoms with E-state index in [2.05, 4.69) is 12.2 Å². The fourth-order valence-electron chi connectivity index (χ4n) is 2.29. The van der Waals surface area contributed by atoms with E-state index < -0.39 is 0 Å². The Morgan fingerprint density at radius 3 is 2.75 bits per heavy atom. The van der Waals surface area contributed by atoms with Gasteiger partial charge in [0.1, 0.15) is 5.75 Å². The number of ether oxygens (including phenoxy) is 1. The summed E-state index contributed by atoms with van der Waals surface area (Å²) in [5.74, 6) is 1.15. The average molecular weight is 278 g/mol. The van der Waals surface area contributed by atoms with E-state index in [1.165, 1.54) is 0 Å². The van der Waals surface area contributed by atoms with Crippen LogP contribution >= 0.6 is 0 Å². The minimum absolute atomic E-state index is 0.0542. The molecule has 0 aromatic heterocycles. The number of hydrogen-bond donors (Lipinski definition) is 2. The first-order chi connectivity index (χ1) is 9.62. The molecule has 1 atom stereocenters. The SMILES string of the molecule is CCCC(CCN)CNC(=O)c1ccc(C)c(OC)c1. The third kappa shape index (κ3) is 4.85. The molecule has 0 saturated heterocycles. The molecule has 4 heteroatoms. The number of aryl methyl sites for hydroxylation is 1.